The van der Waals surface area contributed by atoms with Gasteiger partial charge in [0.25, 0.3) is 0 Å². The molecule has 1 aromatic rings. The molecule has 1 unspecified atom stereocenters. The van der Waals surface area contributed by atoms with E-state index in [9.17, 15) is 4.79 Å². The minimum Gasteiger partial charge on any atom is -0.354 e. The maximum atomic E-state index is 11.9. The number of rotatable bonds is 4. The van der Waals surface area contributed by atoms with E-state index in [1.54, 1.807) is 6.92 Å². The number of amides is 1. The van der Waals surface area contributed by atoms with Gasteiger partial charge in [-0.05, 0) is 26.3 Å². The van der Waals surface area contributed by atoms with Gasteiger partial charge in [-0.1, -0.05) is 18.0 Å². The summed E-state index contributed by atoms with van der Waals surface area (Å²) in [5.74, 6) is 1.27. The Hall–Kier alpha value is -1.43. The van der Waals surface area contributed by atoms with Gasteiger partial charge in [0.2, 0.25) is 11.8 Å². The largest absolute Gasteiger partial charge is 0.354 e. The molecule has 0 aromatic carbocycles. The molecule has 6 heteroatoms. The van der Waals surface area contributed by atoms with Crippen LogP contribution in [0.25, 0.3) is 0 Å². The van der Waals surface area contributed by atoms with Crippen LogP contribution in [0.3, 0.4) is 0 Å². The van der Waals surface area contributed by atoms with Gasteiger partial charge in [0.1, 0.15) is 0 Å². The van der Waals surface area contributed by atoms with Gasteiger partial charge in [0, 0.05) is 13.0 Å². The number of hydrogen-bond acceptors (Lipinski definition) is 5. The lowest BCUT2D eigenvalue weighted by atomic mass is 10.1. The van der Waals surface area contributed by atoms with Gasteiger partial charge < -0.3 is 15.2 Å². The Morgan fingerprint density at radius 3 is 3.17 bits per heavy atom. The molecule has 1 aromatic heterocycles. The van der Waals surface area contributed by atoms with Crippen LogP contribution in [-0.4, -0.2) is 35.2 Å². The molecule has 100 valence electrons. The molecule has 0 bridgehead atoms. The van der Waals surface area contributed by atoms with Gasteiger partial charge in [-0.25, -0.2) is 0 Å². The molecular weight excluding hydrogens is 232 g/mol. The summed E-state index contributed by atoms with van der Waals surface area (Å²) in [6, 6.07) is -0.0445. The standard InChI is InChI=1S/C12H20N4O2/c1-9-15-11(18-16-9)6-8-14-12(17)10-5-3-2-4-7-13-10/h10,13H,2-8H2,1H3,(H,14,17). The fourth-order valence-corrected chi connectivity index (χ4v) is 2.11. The zero-order valence-electron chi connectivity index (χ0n) is 10.7. The Balaban J connectivity index is 1.70. The highest BCUT2D eigenvalue weighted by molar-refractivity contribution is 5.81. The van der Waals surface area contributed by atoms with Gasteiger partial charge in [0.05, 0.1) is 6.04 Å². The number of carbonyl (C=O) groups excluding carboxylic acids is 1. The maximum absolute atomic E-state index is 11.9. The average molecular weight is 252 g/mol. The first kappa shape index (κ1) is 13.0. The highest BCUT2D eigenvalue weighted by atomic mass is 16.5. The molecule has 0 saturated carbocycles. The third-order valence-corrected chi connectivity index (χ3v) is 3.08. The van der Waals surface area contributed by atoms with Crippen molar-refractivity contribution in [3.8, 4) is 0 Å². The van der Waals surface area contributed by atoms with Gasteiger partial charge >= 0.3 is 0 Å². The maximum Gasteiger partial charge on any atom is 0.237 e. The lowest BCUT2D eigenvalue weighted by Crippen LogP contribution is -2.44. The summed E-state index contributed by atoms with van der Waals surface area (Å²) in [6.07, 6.45) is 4.99. The summed E-state index contributed by atoms with van der Waals surface area (Å²) in [6.45, 7) is 3.25. The molecule has 2 rings (SSSR count). The van der Waals surface area contributed by atoms with E-state index < -0.39 is 0 Å². The van der Waals surface area contributed by atoms with Crippen LogP contribution in [0.15, 0.2) is 4.52 Å². The summed E-state index contributed by atoms with van der Waals surface area (Å²) >= 11 is 0. The molecule has 1 aliphatic heterocycles. The van der Waals surface area contributed by atoms with Gasteiger partial charge in [0.15, 0.2) is 5.82 Å². The number of hydrogen-bond donors (Lipinski definition) is 2. The first-order valence-electron chi connectivity index (χ1n) is 6.56. The first-order chi connectivity index (χ1) is 8.75. The van der Waals surface area contributed by atoms with E-state index in [4.69, 9.17) is 4.52 Å². The minimum absolute atomic E-state index is 0.0445. The molecule has 1 amide bonds. The molecular formula is C12H20N4O2. The molecule has 0 radical (unpaired) electrons. The van der Waals surface area contributed by atoms with Gasteiger partial charge in [-0.3, -0.25) is 4.79 Å². The van der Waals surface area contributed by atoms with Crippen molar-refractivity contribution in [1.29, 1.82) is 0 Å². The van der Waals surface area contributed by atoms with Crippen LogP contribution >= 0.6 is 0 Å². The second-order valence-electron chi connectivity index (χ2n) is 4.63. The fraction of sp³-hybridized carbons (Fsp3) is 0.750. The summed E-state index contributed by atoms with van der Waals surface area (Å²) in [5.41, 5.74) is 0. The van der Waals surface area contributed by atoms with Crippen LogP contribution in [0, 0.1) is 6.92 Å². The van der Waals surface area contributed by atoms with E-state index in [0.717, 1.165) is 25.8 Å². The topological polar surface area (TPSA) is 80.0 Å². The molecule has 0 spiro atoms. The van der Waals surface area contributed by atoms with E-state index in [0.29, 0.717) is 24.7 Å². The molecule has 1 fully saturated rings. The van der Waals surface area contributed by atoms with Crippen LogP contribution in [0.4, 0.5) is 0 Å². The quantitative estimate of drug-likeness (QED) is 0.819. The third-order valence-electron chi connectivity index (χ3n) is 3.08. The minimum atomic E-state index is -0.0445. The molecule has 0 aliphatic carbocycles. The third kappa shape index (κ3) is 3.80. The highest BCUT2D eigenvalue weighted by Crippen LogP contribution is 2.08. The van der Waals surface area contributed by atoms with Crippen molar-refractivity contribution in [1.82, 2.24) is 20.8 Å². The Labute approximate surface area is 107 Å². The summed E-state index contributed by atoms with van der Waals surface area (Å²) < 4.78 is 4.98. The highest BCUT2D eigenvalue weighted by Gasteiger charge is 2.18. The zero-order chi connectivity index (χ0) is 12.8. The van der Waals surface area contributed by atoms with E-state index in [2.05, 4.69) is 20.8 Å². The van der Waals surface area contributed by atoms with Crippen LogP contribution in [0.1, 0.15) is 37.4 Å². The Bertz CT molecular complexity index is 383. The van der Waals surface area contributed by atoms with Crippen molar-refractivity contribution in [2.45, 2.75) is 45.1 Å². The Morgan fingerprint density at radius 1 is 1.50 bits per heavy atom. The Morgan fingerprint density at radius 2 is 2.39 bits per heavy atom. The van der Waals surface area contributed by atoms with E-state index >= 15 is 0 Å². The monoisotopic (exact) mass is 252 g/mol. The Kier molecular flexibility index (Phi) is 4.69. The molecule has 18 heavy (non-hydrogen) atoms. The first-order valence-corrected chi connectivity index (χ1v) is 6.56. The fourth-order valence-electron chi connectivity index (χ4n) is 2.11. The molecule has 2 N–H and O–H groups in total. The summed E-state index contributed by atoms with van der Waals surface area (Å²) in [5, 5.41) is 9.88. The van der Waals surface area contributed by atoms with E-state index in [1.165, 1.54) is 6.42 Å². The predicted octanol–water partition coefficient (Wildman–Crippen LogP) is 0.569. The van der Waals surface area contributed by atoms with Crippen molar-refractivity contribution in [3.63, 3.8) is 0 Å². The SMILES string of the molecule is Cc1noc(CCNC(=O)C2CCCCCN2)n1. The number of nitrogens with one attached hydrogen (secondary N) is 2. The normalized spacial score (nSPS) is 20.4. The average Bonchev–Trinajstić information content (AvgIpc) is 2.63. The molecule has 6 nitrogen and oxygen atoms in total. The van der Waals surface area contributed by atoms with Crippen molar-refractivity contribution < 1.29 is 9.32 Å². The van der Waals surface area contributed by atoms with Crippen LogP contribution in [0.2, 0.25) is 0 Å². The van der Waals surface area contributed by atoms with Gasteiger partial charge in [-0.15, -0.1) is 0 Å². The lowest BCUT2D eigenvalue weighted by Gasteiger charge is -2.14. The number of nitrogens with zero attached hydrogens (tertiary/aromatic N) is 2. The second kappa shape index (κ2) is 6.49. The predicted molar refractivity (Wildman–Crippen MR) is 66.0 cm³/mol. The van der Waals surface area contributed by atoms with Crippen molar-refractivity contribution in [2.75, 3.05) is 13.1 Å². The van der Waals surface area contributed by atoms with Crippen molar-refractivity contribution in [3.05, 3.63) is 11.7 Å². The lowest BCUT2D eigenvalue weighted by molar-refractivity contribution is -0.123. The van der Waals surface area contributed by atoms with E-state index in [-0.39, 0.29) is 11.9 Å². The molecule has 2 heterocycles. The van der Waals surface area contributed by atoms with Crippen molar-refractivity contribution >= 4 is 5.91 Å². The number of aryl methyl sites for hydroxylation is 1. The van der Waals surface area contributed by atoms with E-state index in [1.807, 2.05) is 0 Å². The number of aromatic nitrogens is 2. The smallest absolute Gasteiger partial charge is 0.237 e. The summed E-state index contributed by atoms with van der Waals surface area (Å²) in [7, 11) is 0. The van der Waals surface area contributed by atoms with Gasteiger partial charge in [-0.2, -0.15) is 4.98 Å². The van der Waals surface area contributed by atoms with Crippen LogP contribution in [-0.2, 0) is 11.2 Å². The summed E-state index contributed by atoms with van der Waals surface area (Å²) in [4.78, 5) is 16.0. The van der Waals surface area contributed by atoms with Crippen LogP contribution in [0.5, 0.6) is 0 Å². The second-order valence-corrected chi connectivity index (χ2v) is 4.63. The van der Waals surface area contributed by atoms with Crippen LogP contribution < -0.4 is 10.6 Å². The number of carbonyl (C=O) groups is 1. The molecule has 1 atom stereocenters. The molecule has 1 aliphatic rings. The molecule has 1 saturated heterocycles. The van der Waals surface area contributed by atoms with Crippen molar-refractivity contribution in [2.24, 2.45) is 0 Å². The zero-order valence-corrected chi connectivity index (χ0v) is 10.7.